The highest BCUT2D eigenvalue weighted by molar-refractivity contribution is 5.95. The van der Waals surface area contributed by atoms with Crippen LogP contribution in [0.25, 0.3) is 10.8 Å². The van der Waals surface area contributed by atoms with Gasteiger partial charge in [-0.05, 0) is 42.5 Å². The first-order valence-corrected chi connectivity index (χ1v) is 8.55. The van der Waals surface area contributed by atoms with Gasteiger partial charge < -0.3 is 20.4 Å². The zero-order valence-corrected chi connectivity index (χ0v) is 15.1. The fourth-order valence-electron chi connectivity index (χ4n) is 2.76. The second-order valence-electron chi connectivity index (χ2n) is 6.06. The van der Waals surface area contributed by atoms with Gasteiger partial charge in [0.2, 0.25) is 5.91 Å². The number of rotatable bonds is 7. The average molecular weight is 377 g/mol. The highest BCUT2D eigenvalue weighted by atomic mass is 16.5. The van der Waals surface area contributed by atoms with Crippen molar-refractivity contribution in [2.75, 3.05) is 11.9 Å². The molecule has 2 aromatic carbocycles. The fraction of sp³-hybridized carbons (Fsp3) is 0.0952. The molecule has 3 N–H and O–H groups in total. The number of aromatic nitrogens is 1. The number of benzene rings is 2. The van der Waals surface area contributed by atoms with Crippen LogP contribution in [0.4, 0.5) is 5.69 Å². The molecule has 0 atom stereocenters. The van der Waals surface area contributed by atoms with Crippen LogP contribution in [-0.2, 0) is 11.3 Å². The van der Waals surface area contributed by atoms with E-state index in [9.17, 15) is 14.4 Å². The summed E-state index contributed by atoms with van der Waals surface area (Å²) in [5, 5.41) is 3.81. The lowest BCUT2D eigenvalue weighted by Gasteiger charge is -2.11. The third-order valence-electron chi connectivity index (χ3n) is 4.12. The number of carbonyl (C=O) groups excluding carboxylic acids is 2. The van der Waals surface area contributed by atoms with Crippen molar-refractivity contribution in [2.45, 2.75) is 6.54 Å². The third-order valence-corrected chi connectivity index (χ3v) is 4.12. The minimum absolute atomic E-state index is 0.151. The van der Waals surface area contributed by atoms with E-state index >= 15 is 0 Å². The Morgan fingerprint density at radius 3 is 2.54 bits per heavy atom. The lowest BCUT2D eigenvalue weighted by atomic mass is 10.1. The second-order valence-corrected chi connectivity index (χ2v) is 6.06. The van der Waals surface area contributed by atoms with Crippen LogP contribution < -0.4 is 21.3 Å². The Morgan fingerprint density at radius 1 is 1.11 bits per heavy atom. The summed E-state index contributed by atoms with van der Waals surface area (Å²) in [5.74, 6) is -0.465. The van der Waals surface area contributed by atoms with Gasteiger partial charge in [0.1, 0.15) is 5.75 Å². The molecule has 0 fully saturated rings. The number of nitrogens with zero attached hydrogens (tertiary/aromatic N) is 1. The summed E-state index contributed by atoms with van der Waals surface area (Å²) in [6, 6.07) is 13.1. The molecule has 28 heavy (non-hydrogen) atoms. The summed E-state index contributed by atoms with van der Waals surface area (Å²) in [5.41, 5.74) is 5.90. The van der Waals surface area contributed by atoms with Gasteiger partial charge in [-0.3, -0.25) is 14.4 Å². The number of ether oxygens (including phenoxy) is 1. The minimum atomic E-state index is -0.538. The standard InChI is InChI=1S/C21H19N3O4/c1-2-11-24-12-10-16-17(21(24)27)4-3-5-18(16)28-13-19(25)23-15-8-6-14(7-9-15)20(22)26/h2-10,12H,1,11,13H2,(H2,22,26)(H,23,25). The van der Waals surface area contributed by atoms with E-state index in [1.54, 1.807) is 53.2 Å². The maximum Gasteiger partial charge on any atom is 0.262 e. The number of hydrogen-bond acceptors (Lipinski definition) is 4. The van der Waals surface area contributed by atoms with Gasteiger partial charge >= 0.3 is 0 Å². The van der Waals surface area contributed by atoms with Crippen molar-refractivity contribution >= 4 is 28.3 Å². The predicted molar refractivity (Wildman–Crippen MR) is 107 cm³/mol. The number of fused-ring (bicyclic) bond motifs is 1. The number of anilines is 1. The molecule has 1 heterocycles. The summed E-state index contributed by atoms with van der Waals surface area (Å²) in [4.78, 5) is 35.7. The number of allylic oxidation sites excluding steroid dienone is 1. The number of primary amides is 1. The van der Waals surface area contributed by atoms with Gasteiger partial charge in [-0.25, -0.2) is 0 Å². The van der Waals surface area contributed by atoms with Gasteiger partial charge in [0.25, 0.3) is 11.5 Å². The maximum atomic E-state index is 12.5. The van der Waals surface area contributed by atoms with Crippen LogP contribution in [0.15, 0.2) is 72.2 Å². The Bertz CT molecular complexity index is 1100. The monoisotopic (exact) mass is 377 g/mol. The zero-order valence-electron chi connectivity index (χ0n) is 15.1. The molecule has 3 aromatic rings. The molecule has 7 nitrogen and oxygen atoms in total. The summed E-state index contributed by atoms with van der Waals surface area (Å²) in [7, 11) is 0. The Kier molecular flexibility index (Phi) is 5.55. The highest BCUT2D eigenvalue weighted by Crippen LogP contribution is 2.23. The highest BCUT2D eigenvalue weighted by Gasteiger charge is 2.10. The molecule has 7 heteroatoms. The number of amides is 2. The Labute approximate surface area is 161 Å². The first kappa shape index (κ1) is 18.9. The van der Waals surface area contributed by atoms with Crippen molar-refractivity contribution in [2.24, 2.45) is 5.73 Å². The van der Waals surface area contributed by atoms with Crippen LogP contribution in [0.3, 0.4) is 0 Å². The molecule has 0 radical (unpaired) electrons. The largest absolute Gasteiger partial charge is 0.483 e. The van der Waals surface area contributed by atoms with E-state index in [4.69, 9.17) is 10.5 Å². The van der Waals surface area contributed by atoms with Gasteiger partial charge in [-0.2, -0.15) is 0 Å². The van der Waals surface area contributed by atoms with Gasteiger partial charge in [-0.1, -0.05) is 12.1 Å². The summed E-state index contributed by atoms with van der Waals surface area (Å²) in [6.07, 6.45) is 3.31. The van der Waals surface area contributed by atoms with Gasteiger partial charge in [0, 0.05) is 29.4 Å². The molecular weight excluding hydrogens is 358 g/mol. The molecule has 0 unspecified atom stereocenters. The Balaban J connectivity index is 1.71. The predicted octanol–water partition coefficient (Wildman–Crippen LogP) is 2.30. The molecule has 0 aliphatic heterocycles. The number of nitrogens with one attached hydrogen (secondary N) is 1. The summed E-state index contributed by atoms with van der Waals surface area (Å²) < 4.78 is 7.16. The van der Waals surface area contributed by atoms with Crippen LogP contribution in [0.1, 0.15) is 10.4 Å². The maximum absolute atomic E-state index is 12.5. The van der Waals surface area contributed by atoms with Gasteiger partial charge in [0.15, 0.2) is 6.61 Å². The average Bonchev–Trinajstić information content (AvgIpc) is 2.69. The number of nitrogens with two attached hydrogens (primary N) is 1. The molecule has 1 aromatic heterocycles. The van der Waals surface area contributed by atoms with Crippen molar-refractivity contribution in [3.05, 3.63) is 83.3 Å². The van der Waals surface area contributed by atoms with E-state index in [2.05, 4.69) is 11.9 Å². The first-order chi connectivity index (χ1) is 13.5. The van der Waals surface area contributed by atoms with E-state index < -0.39 is 5.91 Å². The van der Waals surface area contributed by atoms with Gasteiger partial charge in [-0.15, -0.1) is 6.58 Å². The van der Waals surface area contributed by atoms with Crippen LogP contribution in [0.2, 0.25) is 0 Å². The van der Waals surface area contributed by atoms with Crippen LogP contribution in [0, 0.1) is 0 Å². The smallest absolute Gasteiger partial charge is 0.262 e. The lowest BCUT2D eigenvalue weighted by molar-refractivity contribution is -0.118. The molecule has 0 aliphatic rings. The van der Waals surface area contributed by atoms with Crippen LogP contribution in [0.5, 0.6) is 5.75 Å². The van der Waals surface area contributed by atoms with Crippen molar-refractivity contribution < 1.29 is 14.3 Å². The number of hydrogen-bond donors (Lipinski definition) is 2. The minimum Gasteiger partial charge on any atom is -0.483 e. The molecule has 2 amide bonds. The van der Waals surface area contributed by atoms with Gasteiger partial charge in [0.05, 0.1) is 5.39 Å². The first-order valence-electron chi connectivity index (χ1n) is 8.55. The van der Waals surface area contributed by atoms with Crippen molar-refractivity contribution in [3.63, 3.8) is 0 Å². The molecule has 0 bridgehead atoms. The lowest BCUT2D eigenvalue weighted by Crippen LogP contribution is -2.21. The SMILES string of the molecule is C=CCn1ccc2c(OCC(=O)Nc3ccc(C(N)=O)cc3)cccc2c1=O. The Morgan fingerprint density at radius 2 is 1.86 bits per heavy atom. The summed E-state index contributed by atoms with van der Waals surface area (Å²) >= 11 is 0. The normalized spacial score (nSPS) is 10.4. The number of pyridine rings is 1. The molecule has 0 saturated heterocycles. The van der Waals surface area contributed by atoms with Crippen molar-refractivity contribution in [1.82, 2.24) is 4.57 Å². The van der Waals surface area contributed by atoms with E-state index in [0.29, 0.717) is 34.3 Å². The summed E-state index contributed by atoms with van der Waals surface area (Å²) in [6.45, 7) is 3.82. The second kappa shape index (κ2) is 8.22. The quantitative estimate of drug-likeness (QED) is 0.617. The van der Waals surface area contributed by atoms with E-state index in [0.717, 1.165) is 0 Å². The molecule has 0 aliphatic carbocycles. The number of carbonyl (C=O) groups is 2. The molecule has 142 valence electrons. The molecular formula is C21H19N3O4. The van der Waals surface area contributed by atoms with E-state index in [1.807, 2.05) is 0 Å². The van der Waals surface area contributed by atoms with Crippen molar-refractivity contribution in [1.29, 1.82) is 0 Å². The topological polar surface area (TPSA) is 103 Å². The molecule has 0 saturated carbocycles. The zero-order chi connectivity index (χ0) is 20.1. The Hall–Kier alpha value is -3.87. The van der Waals surface area contributed by atoms with Crippen LogP contribution in [-0.4, -0.2) is 23.0 Å². The van der Waals surface area contributed by atoms with E-state index in [1.165, 1.54) is 12.1 Å². The van der Waals surface area contributed by atoms with Crippen molar-refractivity contribution in [3.8, 4) is 5.75 Å². The fourth-order valence-corrected chi connectivity index (χ4v) is 2.76. The molecule has 3 rings (SSSR count). The van der Waals surface area contributed by atoms with Crippen LogP contribution >= 0.6 is 0 Å². The molecule has 0 spiro atoms. The third kappa shape index (κ3) is 4.09. The van der Waals surface area contributed by atoms with E-state index in [-0.39, 0.29) is 18.1 Å².